The van der Waals surface area contributed by atoms with Crippen LogP contribution in [0.3, 0.4) is 0 Å². The molecule has 1 aromatic carbocycles. The molecule has 1 heterocycles. The van der Waals surface area contributed by atoms with Gasteiger partial charge < -0.3 is 4.84 Å². The molecule has 1 aliphatic rings. The van der Waals surface area contributed by atoms with Crippen LogP contribution in [-0.4, -0.2) is 0 Å². The lowest BCUT2D eigenvalue weighted by Crippen LogP contribution is -2.07. The zero-order valence-corrected chi connectivity index (χ0v) is 10.6. The van der Waals surface area contributed by atoms with Crippen LogP contribution in [0.15, 0.2) is 18.2 Å². The lowest BCUT2D eigenvalue weighted by molar-refractivity contribution is 0.224. The van der Waals surface area contributed by atoms with Crippen LogP contribution in [0.25, 0.3) is 0 Å². The van der Waals surface area contributed by atoms with Gasteiger partial charge in [-0.15, -0.1) is 0 Å². The van der Waals surface area contributed by atoms with E-state index >= 15 is 0 Å². The summed E-state index contributed by atoms with van der Waals surface area (Å²) in [5, 5.41) is 0. The lowest BCUT2D eigenvalue weighted by Gasteiger charge is -1.98. The predicted molar refractivity (Wildman–Crippen MR) is 66.0 cm³/mol. The molecule has 0 bridgehead atoms. The summed E-state index contributed by atoms with van der Waals surface area (Å²) in [4.78, 5) is 5.15. The van der Waals surface area contributed by atoms with E-state index in [4.69, 9.17) is 4.84 Å². The van der Waals surface area contributed by atoms with E-state index in [0.29, 0.717) is 0 Å². The molecular formula is C13H23NO. The van der Waals surface area contributed by atoms with E-state index in [1.165, 1.54) is 11.1 Å². The second-order valence-electron chi connectivity index (χ2n) is 2.72. The zero-order chi connectivity index (χ0) is 11.7. The van der Waals surface area contributed by atoms with Crippen molar-refractivity contribution in [1.29, 1.82) is 0 Å². The van der Waals surface area contributed by atoms with E-state index in [9.17, 15) is 0 Å². The van der Waals surface area contributed by atoms with E-state index in [1.807, 2.05) is 33.8 Å². The Bertz CT molecular complexity index is 271. The Kier molecular flexibility index (Phi) is 7.74. The summed E-state index contributed by atoms with van der Waals surface area (Å²) in [6, 6.07) is 6.31. The number of hydroxylamine groups is 1. The van der Waals surface area contributed by atoms with Gasteiger partial charge in [0.1, 0.15) is 0 Å². The van der Waals surface area contributed by atoms with Crippen molar-refractivity contribution in [2.45, 2.75) is 47.6 Å². The van der Waals surface area contributed by atoms with Crippen LogP contribution in [-0.2, 0) is 13.0 Å². The first-order chi connectivity index (χ1) is 7.40. The van der Waals surface area contributed by atoms with Crippen molar-refractivity contribution in [3.05, 3.63) is 29.3 Å². The molecule has 15 heavy (non-hydrogen) atoms. The molecule has 1 N–H and O–H groups in total. The molecule has 2 nitrogen and oxygen atoms in total. The van der Waals surface area contributed by atoms with Crippen molar-refractivity contribution >= 4 is 0 Å². The van der Waals surface area contributed by atoms with E-state index in [2.05, 4.69) is 24.5 Å². The Hall–Kier alpha value is -1.02. The fourth-order valence-electron chi connectivity index (χ4n) is 1.28. The normalized spacial score (nSPS) is 11.3. The number of hydrogen-bond acceptors (Lipinski definition) is 2. The van der Waals surface area contributed by atoms with Crippen LogP contribution in [0.2, 0.25) is 0 Å². The Labute approximate surface area is 93.6 Å². The van der Waals surface area contributed by atoms with Crippen molar-refractivity contribution in [3.63, 3.8) is 0 Å². The van der Waals surface area contributed by atoms with E-state index in [0.717, 1.165) is 18.7 Å². The number of aryl methyl sites for hydroxylation is 1. The van der Waals surface area contributed by atoms with Crippen molar-refractivity contribution in [3.8, 4) is 5.75 Å². The Morgan fingerprint density at radius 3 is 2.47 bits per heavy atom. The van der Waals surface area contributed by atoms with E-state index in [-0.39, 0.29) is 0 Å². The summed E-state index contributed by atoms with van der Waals surface area (Å²) >= 11 is 0. The first kappa shape index (κ1) is 14.0. The third kappa shape index (κ3) is 3.92. The fraction of sp³-hybridized carbons (Fsp3) is 0.538. The lowest BCUT2D eigenvalue weighted by atomic mass is 10.1. The number of hydrogen-bond donors (Lipinski definition) is 1. The van der Waals surface area contributed by atoms with Gasteiger partial charge in [0.05, 0.1) is 6.54 Å². The minimum atomic E-state index is 0.836. The average Bonchev–Trinajstić information content (AvgIpc) is 2.81. The highest BCUT2D eigenvalue weighted by molar-refractivity contribution is 5.38. The van der Waals surface area contributed by atoms with Gasteiger partial charge in [0.15, 0.2) is 5.75 Å². The summed E-state index contributed by atoms with van der Waals surface area (Å²) in [5.74, 6) is 0.974. The Morgan fingerprint density at radius 1 is 1.20 bits per heavy atom. The van der Waals surface area contributed by atoms with Crippen LogP contribution in [0.5, 0.6) is 5.75 Å². The highest BCUT2D eigenvalue weighted by Gasteiger charge is 2.10. The van der Waals surface area contributed by atoms with Crippen LogP contribution in [0.1, 0.15) is 45.7 Å². The molecule has 2 heteroatoms. The molecule has 0 fully saturated rings. The minimum absolute atomic E-state index is 0.836. The van der Waals surface area contributed by atoms with Crippen molar-refractivity contribution in [2.24, 2.45) is 0 Å². The summed E-state index contributed by atoms with van der Waals surface area (Å²) < 4.78 is 0. The molecule has 2 rings (SSSR count). The first-order valence-corrected chi connectivity index (χ1v) is 5.91. The summed E-state index contributed by atoms with van der Waals surface area (Å²) in [7, 11) is 0. The molecular weight excluding hydrogens is 186 g/mol. The third-order valence-corrected chi connectivity index (χ3v) is 1.98. The highest BCUT2D eigenvalue weighted by Crippen LogP contribution is 2.23. The summed E-state index contributed by atoms with van der Waals surface area (Å²) in [5.41, 5.74) is 5.48. The second kappa shape index (κ2) is 8.30. The molecule has 0 amide bonds. The van der Waals surface area contributed by atoms with Gasteiger partial charge in [0.2, 0.25) is 0 Å². The molecule has 0 aromatic heterocycles. The molecule has 0 radical (unpaired) electrons. The maximum absolute atomic E-state index is 5.15. The van der Waals surface area contributed by atoms with Gasteiger partial charge in [0, 0.05) is 5.56 Å². The molecule has 0 spiro atoms. The number of benzene rings is 1. The maximum atomic E-state index is 5.15. The minimum Gasteiger partial charge on any atom is -0.408 e. The maximum Gasteiger partial charge on any atom is 0.151 e. The molecule has 0 saturated carbocycles. The highest BCUT2D eigenvalue weighted by atomic mass is 16.7. The number of fused-ring (bicyclic) bond motifs is 1. The quantitative estimate of drug-likeness (QED) is 0.761. The molecule has 1 aromatic rings. The number of rotatable bonds is 1. The molecule has 1 aliphatic heterocycles. The topological polar surface area (TPSA) is 21.3 Å². The average molecular weight is 209 g/mol. The van der Waals surface area contributed by atoms with Gasteiger partial charge in [0.25, 0.3) is 0 Å². The van der Waals surface area contributed by atoms with Gasteiger partial charge in [-0.25, -0.2) is 0 Å². The van der Waals surface area contributed by atoms with Gasteiger partial charge in [-0.05, 0) is 18.1 Å². The van der Waals surface area contributed by atoms with E-state index in [1.54, 1.807) is 0 Å². The van der Waals surface area contributed by atoms with Gasteiger partial charge in [-0.2, -0.15) is 5.48 Å². The van der Waals surface area contributed by atoms with Crippen LogP contribution in [0.4, 0.5) is 0 Å². The van der Waals surface area contributed by atoms with Crippen molar-refractivity contribution in [1.82, 2.24) is 5.48 Å². The molecule has 0 saturated heterocycles. The SMILES string of the molecule is CC.CC.CCc1ccc2c(c1)CNO2. The second-order valence-corrected chi connectivity index (χ2v) is 2.72. The summed E-state index contributed by atoms with van der Waals surface area (Å²) in [6.07, 6.45) is 1.09. The molecule has 0 aliphatic carbocycles. The first-order valence-electron chi connectivity index (χ1n) is 5.91. The number of nitrogens with one attached hydrogen (secondary N) is 1. The Balaban J connectivity index is 0.000000442. The van der Waals surface area contributed by atoms with E-state index < -0.39 is 0 Å². The summed E-state index contributed by atoms with van der Waals surface area (Å²) in [6.45, 7) is 11.0. The predicted octanol–water partition coefficient (Wildman–Crippen LogP) is 3.70. The molecule has 0 atom stereocenters. The van der Waals surface area contributed by atoms with Crippen molar-refractivity contribution in [2.75, 3.05) is 0 Å². The molecule has 86 valence electrons. The van der Waals surface area contributed by atoms with Crippen LogP contribution >= 0.6 is 0 Å². The Morgan fingerprint density at radius 2 is 1.87 bits per heavy atom. The molecule has 0 unspecified atom stereocenters. The largest absolute Gasteiger partial charge is 0.408 e. The van der Waals surface area contributed by atoms with Crippen LogP contribution < -0.4 is 10.3 Å². The zero-order valence-electron chi connectivity index (χ0n) is 10.6. The van der Waals surface area contributed by atoms with Crippen LogP contribution in [0, 0.1) is 0 Å². The van der Waals surface area contributed by atoms with Crippen molar-refractivity contribution < 1.29 is 4.84 Å². The smallest absolute Gasteiger partial charge is 0.151 e. The fourth-order valence-corrected chi connectivity index (χ4v) is 1.28. The third-order valence-electron chi connectivity index (χ3n) is 1.98. The van der Waals surface area contributed by atoms with Gasteiger partial charge in [-0.1, -0.05) is 46.8 Å². The standard InChI is InChI=1S/C9H11NO.2C2H6/c1-2-7-3-4-9-8(5-7)6-10-11-9;2*1-2/h3-5,10H,2,6H2,1H3;2*1-2H3. The monoisotopic (exact) mass is 209 g/mol. The van der Waals surface area contributed by atoms with Gasteiger partial charge in [-0.3, -0.25) is 0 Å². The van der Waals surface area contributed by atoms with Gasteiger partial charge >= 0.3 is 0 Å².